The maximum absolute atomic E-state index is 2.22. The predicted molar refractivity (Wildman–Crippen MR) is 40.1 cm³/mol. The summed E-state index contributed by atoms with van der Waals surface area (Å²) in [6.45, 7) is 0. The third-order valence-electron chi connectivity index (χ3n) is 1.62. The van der Waals surface area contributed by atoms with E-state index in [9.17, 15) is 0 Å². The van der Waals surface area contributed by atoms with Crippen molar-refractivity contribution in [3.05, 3.63) is 24.3 Å². The third kappa shape index (κ3) is 2.51. The number of nitrogens with zero attached hydrogens (tertiary/aromatic N) is 1. The van der Waals surface area contributed by atoms with E-state index in [4.69, 9.17) is 0 Å². The first-order valence-electron chi connectivity index (χ1n) is 3.27. The Hall–Kier alpha value is 0.323. The quantitative estimate of drug-likeness (QED) is 0.576. The van der Waals surface area contributed by atoms with Gasteiger partial charge in [-0.15, -0.1) is 0 Å². The molecule has 0 unspecified atom stereocenters. The number of allylic oxidation sites excluding steroid dienone is 2. The summed E-state index contributed by atoms with van der Waals surface area (Å²) in [7, 11) is 6.60. The normalized spacial score (nSPS) is 17.5. The van der Waals surface area contributed by atoms with E-state index in [1.165, 1.54) is 0 Å². The Kier molecular flexibility index (Phi) is 3.76. The second-order valence-electron chi connectivity index (χ2n) is 3.38. The Morgan fingerprint density at radius 2 is 1.40 bits per heavy atom. The van der Waals surface area contributed by atoms with Crippen molar-refractivity contribution in [2.24, 2.45) is 0 Å². The maximum Gasteiger partial charge on any atom is 0.126 e. The molecule has 0 saturated heterocycles. The minimum atomic E-state index is 0. The maximum atomic E-state index is 2.22. The molecular weight excluding hydrogens is 201 g/mol. The van der Waals surface area contributed by atoms with Crippen LogP contribution in [0.4, 0.5) is 0 Å². The van der Waals surface area contributed by atoms with Gasteiger partial charge < -0.3 is 4.48 Å². The van der Waals surface area contributed by atoms with Crippen LogP contribution < -0.4 is 0 Å². The molecule has 54 valence electrons. The molecule has 0 aromatic rings. The Morgan fingerprint density at radius 1 is 1.00 bits per heavy atom. The summed E-state index contributed by atoms with van der Waals surface area (Å²) in [6.07, 6.45) is 8.66. The zero-order valence-electron chi connectivity index (χ0n) is 6.83. The van der Waals surface area contributed by atoms with Crippen LogP contribution in [0.15, 0.2) is 24.3 Å². The third-order valence-corrected chi connectivity index (χ3v) is 1.62. The molecular formula is C8H14NZr+. The van der Waals surface area contributed by atoms with Gasteiger partial charge in [0.15, 0.2) is 0 Å². The molecule has 1 aliphatic carbocycles. The summed E-state index contributed by atoms with van der Waals surface area (Å²) < 4.78 is 0.993. The molecule has 0 atom stereocenters. The van der Waals surface area contributed by atoms with Gasteiger partial charge in [0.1, 0.15) is 6.04 Å². The van der Waals surface area contributed by atoms with E-state index in [0.717, 1.165) is 4.48 Å². The zero-order valence-corrected chi connectivity index (χ0v) is 9.29. The van der Waals surface area contributed by atoms with Gasteiger partial charge in [-0.25, -0.2) is 0 Å². The molecule has 0 aliphatic heterocycles. The Bertz CT molecular complexity index is 141. The van der Waals surface area contributed by atoms with Crippen molar-refractivity contribution in [3.63, 3.8) is 0 Å². The first-order valence-corrected chi connectivity index (χ1v) is 3.27. The summed E-state index contributed by atoms with van der Waals surface area (Å²) in [5.74, 6) is 0. The van der Waals surface area contributed by atoms with Gasteiger partial charge in [0.25, 0.3) is 0 Å². The van der Waals surface area contributed by atoms with Crippen LogP contribution in [-0.4, -0.2) is 31.7 Å². The first kappa shape index (κ1) is 10.3. The van der Waals surface area contributed by atoms with Gasteiger partial charge in [-0.05, 0) is 12.2 Å². The SMILES string of the molecule is C[N+](C)(C)C1C=CC=C1.[Zr]. The first-order chi connectivity index (χ1) is 4.11. The van der Waals surface area contributed by atoms with Crippen LogP contribution in [0.3, 0.4) is 0 Å². The summed E-state index contributed by atoms with van der Waals surface area (Å²) in [6, 6.07) is 0.588. The molecule has 0 saturated carbocycles. The van der Waals surface area contributed by atoms with Crippen molar-refractivity contribution >= 4 is 0 Å². The molecule has 0 bridgehead atoms. The molecule has 10 heavy (non-hydrogen) atoms. The number of likely N-dealkylation sites (N-methyl/N-ethyl adjacent to an activating group) is 1. The predicted octanol–water partition coefficient (Wildman–Crippen LogP) is 1.18. The van der Waals surface area contributed by atoms with E-state index >= 15 is 0 Å². The molecule has 1 nitrogen and oxygen atoms in total. The molecule has 0 aromatic carbocycles. The van der Waals surface area contributed by atoms with Gasteiger partial charge in [-0.2, -0.15) is 0 Å². The van der Waals surface area contributed by atoms with E-state index in [2.05, 4.69) is 45.4 Å². The monoisotopic (exact) mass is 214 g/mol. The number of hydrogen-bond donors (Lipinski definition) is 0. The molecule has 0 aromatic heterocycles. The van der Waals surface area contributed by atoms with Crippen LogP contribution in [-0.2, 0) is 26.2 Å². The van der Waals surface area contributed by atoms with Gasteiger partial charge >= 0.3 is 0 Å². The fourth-order valence-corrected chi connectivity index (χ4v) is 0.937. The standard InChI is InChI=1S/C8H14N.Zr/c1-9(2,3)8-6-4-5-7-8;/h4-8H,1-3H3;/q+1;. The van der Waals surface area contributed by atoms with Crippen molar-refractivity contribution in [2.75, 3.05) is 21.1 Å². The second-order valence-corrected chi connectivity index (χ2v) is 3.38. The van der Waals surface area contributed by atoms with E-state index < -0.39 is 0 Å². The number of quaternary nitrogens is 1. The summed E-state index contributed by atoms with van der Waals surface area (Å²) in [5.41, 5.74) is 0. The van der Waals surface area contributed by atoms with Gasteiger partial charge in [0, 0.05) is 26.2 Å². The summed E-state index contributed by atoms with van der Waals surface area (Å²) in [5, 5.41) is 0. The van der Waals surface area contributed by atoms with E-state index in [1.807, 2.05) is 0 Å². The summed E-state index contributed by atoms with van der Waals surface area (Å²) in [4.78, 5) is 0. The number of hydrogen-bond acceptors (Lipinski definition) is 0. The average Bonchev–Trinajstić information content (AvgIpc) is 2.08. The Balaban J connectivity index is 0.000000810. The minimum Gasteiger partial charge on any atom is -0.322 e. The van der Waals surface area contributed by atoms with Crippen LogP contribution in [0.25, 0.3) is 0 Å². The van der Waals surface area contributed by atoms with Crippen molar-refractivity contribution < 1.29 is 30.7 Å². The fraction of sp³-hybridized carbons (Fsp3) is 0.500. The Labute approximate surface area is 82.1 Å². The fourth-order valence-electron chi connectivity index (χ4n) is 0.937. The van der Waals surface area contributed by atoms with Crippen molar-refractivity contribution in [3.8, 4) is 0 Å². The van der Waals surface area contributed by atoms with Crippen LogP contribution in [0, 0.1) is 0 Å². The van der Waals surface area contributed by atoms with E-state index in [1.54, 1.807) is 0 Å². The van der Waals surface area contributed by atoms with Gasteiger partial charge in [0.2, 0.25) is 0 Å². The van der Waals surface area contributed by atoms with Gasteiger partial charge in [-0.1, -0.05) is 12.2 Å². The molecule has 0 spiro atoms. The molecule has 2 heteroatoms. The van der Waals surface area contributed by atoms with Crippen molar-refractivity contribution in [1.29, 1.82) is 0 Å². The molecule has 1 aliphatic rings. The molecule has 0 heterocycles. The number of rotatable bonds is 1. The van der Waals surface area contributed by atoms with Gasteiger partial charge in [0.05, 0.1) is 21.1 Å². The molecule has 1 rings (SSSR count). The second kappa shape index (κ2) is 3.64. The average molecular weight is 215 g/mol. The molecule has 0 amide bonds. The van der Waals surface area contributed by atoms with Crippen LogP contribution in [0.1, 0.15) is 0 Å². The largest absolute Gasteiger partial charge is 0.322 e. The van der Waals surface area contributed by atoms with Gasteiger partial charge in [-0.3, -0.25) is 0 Å². The molecule has 0 N–H and O–H groups in total. The van der Waals surface area contributed by atoms with E-state index in [-0.39, 0.29) is 26.2 Å². The van der Waals surface area contributed by atoms with Crippen molar-refractivity contribution in [1.82, 2.24) is 0 Å². The van der Waals surface area contributed by atoms with Crippen LogP contribution in [0.2, 0.25) is 0 Å². The van der Waals surface area contributed by atoms with E-state index in [0.29, 0.717) is 6.04 Å². The van der Waals surface area contributed by atoms with Crippen molar-refractivity contribution in [2.45, 2.75) is 6.04 Å². The van der Waals surface area contributed by atoms with Crippen LogP contribution in [0.5, 0.6) is 0 Å². The summed E-state index contributed by atoms with van der Waals surface area (Å²) >= 11 is 0. The zero-order chi connectivity index (χ0) is 6.91. The molecule has 0 radical (unpaired) electrons. The topological polar surface area (TPSA) is 0 Å². The Morgan fingerprint density at radius 3 is 1.60 bits per heavy atom. The minimum absolute atomic E-state index is 0. The molecule has 0 fully saturated rings. The van der Waals surface area contributed by atoms with Crippen LogP contribution >= 0.6 is 0 Å². The smallest absolute Gasteiger partial charge is 0.126 e.